The highest BCUT2D eigenvalue weighted by Gasteiger charge is 2.29. The molecule has 0 fully saturated rings. The van der Waals surface area contributed by atoms with Crippen LogP contribution in [0.4, 0.5) is 0 Å². The number of esters is 1. The van der Waals surface area contributed by atoms with Gasteiger partial charge in [0.25, 0.3) is 0 Å². The van der Waals surface area contributed by atoms with Crippen molar-refractivity contribution >= 4 is 51.9 Å². The molecular weight excluding hydrogens is 431 g/mol. The summed E-state index contributed by atoms with van der Waals surface area (Å²) in [5.41, 5.74) is -0.151. The molecule has 0 N–H and O–H groups in total. The van der Waals surface area contributed by atoms with E-state index in [9.17, 15) is 14.4 Å². The molecule has 25 heavy (non-hydrogen) atoms. The summed E-state index contributed by atoms with van der Waals surface area (Å²) < 4.78 is 5.83. The Kier molecular flexibility index (Phi) is 6.87. The van der Waals surface area contributed by atoms with Crippen LogP contribution in [0.15, 0.2) is 48.6 Å². The first-order chi connectivity index (χ1) is 12.0. The second-order valence-electron chi connectivity index (χ2n) is 5.91. The minimum Gasteiger partial charge on any atom is -0.462 e. The van der Waals surface area contributed by atoms with E-state index in [4.69, 9.17) is 4.74 Å². The molecule has 2 aromatic carbocycles. The van der Waals surface area contributed by atoms with Gasteiger partial charge in [0, 0.05) is 10.5 Å². The summed E-state index contributed by atoms with van der Waals surface area (Å²) in [6, 6.07) is 12.1. The predicted molar refractivity (Wildman–Crippen MR) is 105 cm³/mol. The first kappa shape index (κ1) is 19.3. The number of benzene rings is 2. The second-order valence-corrected chi connectivity index (χ2v) is 7.08. The van der Waals surface area contributed by atoms with Gasteiger partial charge in [-0.05, 0) is 57.8 Å². The molecule has 0 amide bonds. The SMILES string of the molecule is CC(=O)OC/C=C/CC(C=O)(C=O)Cc1cc2ccccc2cc1I. The monoisotopic (exact) mass is 450 g/mol. The van der Waals surface area contributed by atoms with Gasteiger partial charge in [-0.1, -0.05) is 42.5 Å². The first-order valence-corrected chi connectivity index (χ1v) is 8.96. The minimum absolute atomic E-state index is 0.136. The number of carbonyl (C=O) groups is 3. The zero-order valence-electron chi connectivity index (χ0n) is 13.9. The number of allylic oxidation sites excluding steroid dienone is 1. The quantitative estimate of drug-likeness (QED) is 0.201. The third-order valence-electron chi connectivity index (χ3n) is 3.95. The van der Waals surface area contributed by atoms with Gasteiger partial charge in [0.05, 0.1) is 5.41 Å². The number of fused-ring (bicyclic) bond motifs is 1. The maximum absolute atomic E-state index is 11.7. The molecule has 0 unspecified atom stereocenters. The van der Waals surface area contributed by atoms with Crippen molar-refractivity contribution in [2.45, 2.75) is 19.8 Å². The highest BCUT2D eigenvalue weighted by atomic mass is 127. The van der Waals surface area contributed by atoms with Crippen LogP contribution in [0.1, 0.15) is 18.9 Å². The molecule has 4 nitrogen and oxygen atoms in total. The summed E-state index contributed by atoms with van der Waals surface area (Å²) in [5.74, 6) is -0.368. The Balaban J connectivity index is 2.20. The maximum Gasteiger partial charge on any atom is 0.302 e. The fourth-order valence-corrected chi connectivity index (χ4v) is 3.25. The van der Waals surface area contributed by atoms with Crippen molar-refractivity contribution in [2.24, 2.45) is 5.41 Å². The number of carbonyl (C=O) groups excluding carboxylic acids is 3. The third-order valence-corrected chi connectivity index (χ3v) is 4.96. The zero-order chi connectivity index (χ0) is 18.3. The van der Waals surface area contributed by atoms with Crippen LogP contribution in [0.25, 0.3) is 10.8 Å². The summed E-state index contributed by atoms with van der Waals surface area (Å²) in [5, 5.41) is 2.20. The fourth-order valence-electron chi connectivity index (χ4n) is 2.57. The molecule has 0 saturated carbocycles. The molecule has 0 aliphatic heterocycles. The molecule has 0 aliphatic rings. The average molecular weight is 450 g/mol. The number of hydrogen-bond acceptors (Lipinski definition) is 4. The van der Waals surface area contributed by atoms with Gasteiger partial charge in [0.1, 0.15) is 19.2 Å². The second kappa shape index (κ2) is 8.89. The molecule has 130 valence electrons. The van der Waals surface area contributed by atoms with E-state index in [1.807, 2.05) is 30.3 Å². The van der Waals surface area contributed by atoms with E-state index in [0.717, 1.165) is 19.9 Å². The topological polar surface area (TPSA) is 60.4 Å². The van der Waals surface area contributed by atoms with E-state index >= 15 is 0 Å². The van der Waals surface area contributed by atoms with E-state index in [1.165, 1.54) is 6.92 Å². The van der Waals surface area contributed by atoms with Crippen LogP contribution in [0, 0.1) is 8.99 Å². The van der Waals surface area contributed by atoms with Gasteiger partial charge in [0.2, 0.25) is 0 Å². The molecule has 0 bridgehead atoms. The van der Waals surface area contributed by atoms with Crippen LogP contribution in [0.2, 0.25) is 0 Å². The predicted octanol–water partition coefficient (Wildman–Crippen LogP) is 3.88. The summed E-state index contributed by atoms with van der Waals surface area (Å²) in [6.07, 6.45) is 5.38. The highest BCUT2D eigenvalue weighted by Crippen LogP contribution is 2.29. The molecule has 2 aromatic rings. The van der Waals surface area contributed by atoms with Crippen LogP contribution in [0.3, 0.4) is 0 Å². The smallest absolute Gasteiger partial charge is 0.302 e. The molecule has 0 atom stereocenters. The summed E-state index contributed by atoms with van der Waals surface area (Å²) in [4.78, 5) is 34.0. The Bertz CT molecular complexity index is 802. The Morgan fingerprint density at radius 3 is 2.36 bits per heavy atom. The van der Waals surface area contributed by atoms with Crippen LogP contribution in [-0.2, 0) is 25.5 Å². The lowest BCUT2D eigenvalue weighted by Gasteiger charge is -2.21. The summed E-state index contributed by atoms with van der Waals surface area (Å²) in [6.45, 7) is 1.47. The molecule has 0 radical (unpaired) electrons. The molecule has 0 aromatic heterocycles. The molecule has 5 heteroatoms. The van der Waals surface area contributed by atoms with Gasteiger partial charge >= 0.3 is 5.97 Å². The van der Waals surface area contributed by atoms with Crippen molar-refractivity contribution in [1.82, 2.24) is 0 Å². The number of rotatable bonds is 8. The van der Waals surface area contributed by atoms with Crippen molar-refractivity contribution < 1.29 is 19.1 Å². The van der Waals surface area contributed by atoms with Crippen LogP contribution >= 0.6 is 22.6 Å². The molecule has 0 saturated heterocycles. The van der Waals surface area contributed by atoms with Gasteiger partial charge in [-0.3, -0.25) is 4.79 Å². The van der Waals surface area contributed by atoms with Crippen molar-refractivity contribution in [3.8, 4) is 0 Å². The van der Waals surface area contributed by atoms with Gasteiger partial charge < -0.3 is 14.3 Å². The van der Waals surface area contributed by atoms with Gasteiger partial charge in [-0.15, -0.1) is 0 Å². The average Bonchev–Trinajstić information content (AvgIpc) is 2.60. The Morgan fingerprint density at radius 2 is 1.76 bits per heavy atom. The van der Waals surface area contributed by atoms with Gasteiger partial charge in [-0.2, -0.15) is 0 Å². The molecule has 0 aliphatic carbocycles. The summed E-state index contributed by atoms with van der Waals surface area (Å²) >= 11 is 2.23. The largest absolute Gasteiger partial charge is 0.462 e. The number of halogens is 1. The number of hydrogen-bond donors (Lipinski definition) is 0. The van der Waals surface area contributed by atoms with E-state index in [2.05, 4.69) is 28.7 Å². The molecule has 2 rings (SSSR count). The van der Waals surface area contributed by atoms with E-state index in [1.54, 1.807) is 12.2 Å². The lowest BCUT2D eigenvalue weighted by molar-refractivity contribution is -0.139. The van der Waals surface area contributed by atoms with Crippen LogP contribution in [0.5, 0.6) is 0 Å². The van der Waals surface area contributed by atoms with Crippen molar-refractivity contribution in [1.29, 1.82) is 0 Å². The Morgan fingerprint density at radius 1 is 1.12 bits per heavy atom. The Labute approximate surface area is 160 Å². The van der Waals surface area contributed by atoms with Crippen molar-refractivity contribution in [2.75, 3.05) is 6.61 Å². The zero-order valence-corrected chi connectivity index (χ0v) is 16.1. The van der Waals surface area contributed by atoms with Crippen LogP contribution in [-0.4, -0.2) is 25.1 Å². The molecular formula is C20H19IO4. The van der Waals surface area contributed by atoms with Crippen LogP contribution < -0.4 is 0 Å². The summed E-state index contributed by atoms with van der Waals surface area (Å²) in [7, 11) is 0. The minimum atomic E-state index is -1.12. The lowest BCUT2D eigenvalue weighted by Crippen LogP contribution is -2.27. The number of ether oxygens (including phenoxy) is 1. The van der Waals surface area contributed by atoms with Crippen molar-refractivity contribution in [3.05, 3.63) is 57.7 Å². The third kappa shape index (κ3) is 5.22. The molecule has 0 heterocycles. The van der Waals surface area contributed by atoms with E-state index in [0.29, 0.717) is 19.0 Å². The fraction of sp³-hybridized carbons (Fsp3) is 0.250. The van der Waals surface area contributed by atoms with Gasteiger partial charge in [0.15, 0.2) is 0 Å². The van der Waals surface area contributed by atoms with Crippen molar-refractivity contribution in [3.63, 3.8) is 0 Å². The Hall–Kier alpha value is -2.02. The van der Waals surface area contributed by atoms with Gasteiger partial charge in [-0.25, -0.2) is 0 Å². The maximum atomic E-state index is 11.7. The lowest BCUT2D eigenvalue weighted by atomic mass is 9.81. The van der Waals surface area contributed by atoms with E-state index in [-0.39, 0.29) is 19.0 Å². The standard InChI is InChI=1S/C20H19IO4/c1-15(24)25-9-5-4-8-20(13-22,14-23)12-18-10-16-6-2-3-7-17(16)11-19(18)21/h2-7,10-11,13-14H,8-9,12H2,1H3/b5-4+. The molecule has 0 spiro atoms. The normalized spacial score (nSPS) is 11.6. The highest BCUT2D eigenvalue weighted by molar-refractivity contribution is 14.1. The van der Waals surface area contributed by atoms with E-state index < -0.39 is 5.41 Å². The first-order valence-electron chi connectivity index (χ1n) is 7.88. The number of aldehydes is 2.